The summed E-state index contributed by atoms with van der Waals surface area (Å²) in [5, 5.41) is 0. The van der Waals surface area contributed by atoms with E-state index >= 15 is 0 Å². The van der Waals surface area contributed by atoms with E-state index in [0.29, 0.717) is 18.9 Å². The Morgan fingerprint density at radius 1 is 1.73 bits per heavy atom. The number of carbonyl (C=O) groups is 1. The van der Waals surface area contributed by atoms with Crippen LogP contribution in [0.15, 0.2) is 6.20 Å². The van der Waals surface area contributed by atoms with Gasteiger partial charge in [0.15, 0.2) is 5.69 Å². The molecule has 1 amide bonds. The SMILES string of the molecule is CN(C(=O)c1cnsn1)C1(C)CCOC1. The predicted octanol–water partition coefficient (Wildman–Crippen LogP) is 0.789. The minimum atomic E-state index is -0.208. The molecule has 1 atom stereocenters. The van der Waals surface area contributed by atoms with E-state index in [9.17, 15) is 4.79 Å². The topological polar surface area (TPSA) is 55.3 Å². The molecule has 1 fully saturated rings. The second-order valence-electron chi connectivity index (χ2n) is 3.96. The van der Waals surface area contributed by atoms with Crippen molar-refractivity contribution in [3.05, 3.63) is 11.9 Å². The Morgan fingerprint density at radius 2 is 2.53 bits per heavy atom. The van der Waals surface area contributed by atoms with E-state index in [-0.39, 0.29) is 11.4 Å². The van der Waals surface area contributed by atoms with Crippen LogP contribution in [0.3, 0.4) is 0 Å². The third-order valence-electron chi connectivity index (χ3n) is 2.89. The molecule has 0 spiro atoms. The van der Waals surface area contributed by atoms with Crippen LogP contribution < -0.4 is 0 Å². The number of amides is 1. The second-order valence-corrected chi connectivity index (χ2v) is 4.51. The Kier molecular flexibility index (Phi) is 2.70. The zero-order chi connectivity index (χ0) is 10.9. The van der Waals surface area contributed by atoms with Crippen molar-refractivity contribution in [1.29, 1.82) is 0 Å². The molecule has 1 saturated heterocycles. The van der Waals surface area contributed by atoms with Gasteiger partial charge in [-0.3, -0.25) is 4.79 Å². The molecular weight excluding hydrogens is 214 g/mol. The molecule has 6 heteroatoms. The number of hydrogen-bond donors (Lipinski definition) is 0. The van der Waals surface area contributed by atoms with Crippen molar-refractivity contribution in [3.8, 4) is 0 Å². The molecule has 2 rings (SSSR count). The maximum Gasteiger partial charge on any atom is 0.275 e. The van der Waals surface area contributed by atoms with E-state index in [1.165, 1.54) is 6.20 Å². The molecule has 0 aromatic carbocycles. The van der Waals surface area contributed by atoms with Gasteiger partial charge in [-0.25, -0.2) is 0 Å². The fraction of sp³-hybridized carbons (Fsp3) is 0.667. The largest absolute Gasteiger partial charge is 0.379 e. The molecule has 0 saturated carbocycles. The van der Waals surface area contributed by atoms with Gasteiger partial charge in [-0.15, -0.1) is 0 Å². The molecule has 1 aliphatic heterocycles. The van der Waals surface area contributed by atoms with Crippen molar-refractivity contribution in [2.24, 2.45) is 0 Å². The highest BCUT2D eigenvalue weighted by molar-refractivity contribution is 6.99. The Hall–Kier alpha value is -1.01. The fourth-order valence-electron chi connectivity index (χ4n) is 1.60. The van der Waals surface area contributed by atoms with Gasteiger partial charge in [-0.2, -0.15) is 8.75 Å². The molecule has 1 unspecified atom stereocenters. The van der Waals surface area contributed by atoms with Crippen LogP contribution in [-0.4, -0.2) is 45.4 Å². The summed E-state index contributed by atoms with van der Waals surface area (Å²) in [6.45, 7) is 3.33. The zero-order valence-electron chi connectivity index (χ0n) is 8.77. The van der Waals surface area contributed by atoms with Crippen LogP contribution in [0.4, 0.5) is 0 Å². The molecule has 0 N–H and O–H groups in total. The minimum Gasteiger partial charge on any atom is -0.379 e. The second kappa shape index (κ2) is 3.86. The van der Waals surface area contributed by atoms with Gasteiger partial charge in [-0.05, 0) is 13.3 Å². The first-order chi connectivity index (χ1) is 7.13. The number of nitrogens with zero attached hydrogens (tertiary/aromatic N) is 3. The number of hydrogen-bond acceptors (Lipinski definition) is 5. The number of carbonyl (C=O) groups excluding carboxylic acids is 1. The normalized spacial score (nSPS) is 25.5. The summed E-state index contributed by atoms with van der Waals surface area (Å²) >= 11 is 1.05. The number of likely N-dealkylation sites (N-methyl/N-ethyl adjacent to an activating group) is 1. The maximum absolute atomic E-state index is 12.0. The molecule has 5 nitrogen and oxygen atoms in total. The highest BCUT2D eigenvalue weighted by Crippen LogP contribution is 2.25. The van der Waals surface area contributed by atoms with E-state index in [4.69, 9.17) is 4.74 Å². The van der Waals surface area contributed by atoms with Gasteiger partial charge in [-0.1, -0.05) is 0 Å². The van der Waals surface area contributed by atoms with Crippen molar-refractivity contribution in [2.45, 2.75) is 18.9 Å². The Labute approximate surface area is 92.4 Å². The van der Waals surface area contributed by atoms with Gasteiger partial charge in [0, 0.05) is 13.7 Å². The Balaban J connectivity index is 2.14. The van der Waals surface area contributed by atoms with Crippen LogP contribution in [0.2, 0.25) is 0 Å². The molecule has 0 radical (unpaired) electrons. The standard InChI is InChI=1S/C9H13N3O2S/c1-9(3-4-14-6-9)12(2)8(13)7-5-10-15-11-7/h5H,3-4,6H2,1-2H3. The van der Waals surface area contributed by atoms with Crippen molar-refractivity contribution < 1.29 is 9.53 Å². The third kappa shape index (κ3) is 1.87. The first-order valence-corrected chi connectivity index (χ1v) is 5.50. The van der Waals surface area contributed by atoms with Crippen LogP contribution in [0.1, 0.15) is 23.8 Å². The molecule has 1 aromatic heterocycles. The predicted molar refractivity (Wildman–Crippen MR) is 55.8 cm³/mol. The van der Waals surface area contributed by atoms with Gasteiger partial charge >= 0.3 is 0 Å². The minimum absolute atomic E-state index is 0.0863. The average Bonchev–Trinajstić information content (AvgIpc) is 2.86. The summed E-state index contributed by atoms with van der Waals surface area (Å²) in [4.78, 5) is 13.7. The third-order valence-corrected chi connectivity index (χ3v) is 3.37. The van der Waals surface area contributed by atoms with Crippen LogP contribution in [-0.2, 0) is 4.74 Å². The van der Waals surface area contributed by atoms with Crippen molar-refractivity contribution in [2.75, 3.05) is 20.3 Å². The van der Waals surface area contributed by atoms with E-state index in [1.807, 2.05) is 6.92 Å². The molecule has 1 aliphatic rings. The highest BCUT2D eigenvalue weighted by Gasteiger charge is 2.37. The van der Waals surface area contributed by atoms with Crippen molar-refractivity contribution in [1.82, 2.24) is 13.6 Å². The van der Waals surface area contributed by atoms with E-state index in [1.54, 1.807) is 11.9 Å². The lowest BCUT2D eigenvalue weighted by molar-refractivity contribution is 0.0546. The van der Waals surface area contributed by atoms with Crippen LogP contribution in [0, 0.1) is 0 Å². The fourth-order valence-corrected chi connectivity index (χ4v) is 2.00. The first-order valence-electron chi connectivity index (χ1n) is 4.77. The lowest BCUT2D eigenvalue weighted by Gasteiger charge is -2.33. The van der Waals surface area contributed by atoms with Crippen LogP contribution in [0.25, 0.3) is 0 Å². The lowest BCUT2D eigenvalue weighted by atomic mass is 9.99. The number of aromatic nitrogens is 2. The smallest absolute Gasteiger partial charge is 0.275 e. The summed E-state index contributed by atoms with van der Waals surface area (Å²) in [6.07, 6.45) is 2.37. The summed E-state index contributed by atoms with van der Waals surface area (Å²) in [5.41, 5.74) is 0.205. The summed E-state index contributed by atoms with van der Waals surface area (Å²) in [5.74, 6) is -0.0863. The Morgan fingerprint density at radius 3 is 3.07 bits per heavy atom. The van der Waals surface area contributed by atoms with Crippen molar-refractivity contribution in [3.63, 3.8) is 0 Å². The number of rotatable bonds is 2. The van der Waals surface area contributed by atoms with Crippen molar-refractivity contribution >= 4 is 17.6 Å². The molecule has 2 heterocycles. The van der Waals surface area contributed by atoms with E-state index in [0.717, 1.165) is 18.1 Å². The summed E-state index contributed by atoms with van der Waals surface area (Å²) < 4.78 is 13.1. The zero-order valence-corrected chi connectivity index (χ0v) is 9.58. The Bertz CT molecular complexity index is 346. The average molecular weight is 227 g/mol. The van der Waals surface area contributed by atoms with E-state index < -0.39 is 0 Å². The summed E-state index contributed by atoms with van der Waals surface area (Å²) in [6, 6.07) is 0. The van der Waals surface area contributed by atoms with Crippen LogP contribution in [0.5, 0.6) is 0 Å². The molecule has 0 aliphatic carbocycles. The molecule has 1 aromatic rings. The van der Waals surface area contributed by atoms with Gasteiger partial charge in [0.25, 0.3) is 5.91 Å². The monoisotopic (exact) mass is 227 g/mol. The molecule has 15 heavy (non-hydrogen) atoms. The van der Waals surface area contributed by atoms with Gasteiger partial charge in [0.05, 0.1) is 30.1 Å². The summed E-state index contributed by atoms with van der Waals surface area (Å²) in [7, 11) is 1.79. The quantitative estimate of drug-likeness (QED) is 0.749. The first kappa shape index (κ1) is 10.5. The van der Waals surface area contributed by atoms with Crippen LogP contribution >= 0.6 is 11.7 Å². The molecule has 0 bridgehead atoms. The number of ether oxygens (including phenoxy) is 1. The van der Waals surface area contributed by atoms with Gasteiger partial charge < -0.3 is 9.64 Å². The maximum atomic E-state index is 12.0. The van der Waals surface area contributed by atoms with Gasteiger partial charge in [0.1, 0.15) is 0 Å². The van der Waals surface area contributed by atoms with E-state index in [2.05, 4.69) is 8.75 Å². The highest BCUT2D eigenvalue weighted by atomic mass is 32.1. The van der Waals surface area contributed by atoms with Gasteiger partial charge in [0.2, 0.25) is 0 Å². The molecule has 82 valence electrons. The molecular formula is C9H13N3O2S. The lowest BCUT2D eigenvalue weighted by Crippen LogP contribution is -2.47.